The molecular weight excluding hydrogens is 320 g/mol. The number of nitrogens with zero attached hydrogens (tertiary/aromatic N) is 2. The van der Waals surface area contributed by atoms with Crippen LogP contribution in [0.2, 0.25) is 0 Å². The van der Waals surface area contributed by atoms with Crippen molar-refractivity contribution in [2.75, 3.05) is 5.32 Å². The van der Waals surface area contributed by atoms with Crippen LogP contribution in [0.5, 0.6) is 0 Å². The fourth-order valence-corrected chi connectivity index (χ4v) is 2.04. The van der Waals surface area contributed by atoms with Gasteiger partial charge in [-0.2, -0.15) is 0 Å². The number of carbonyl (C=O) groups is 1. The molecule has 8 heteroatoms. The molecule has 0 aliphatic carbocycles. The topological polar surface area (TPSA) is 77.1 Å². The Morgan fingerprint density at radius 3 is 2.75 bits per heavy atom. The first-order chi connectivity index (χ1) is 11.5. The van der Waals surface area contributed by atoms with E-state index >= 15 is 0 Å². The van der Waals surface area contributed by atoms with Crippen molar-refractivity contribution in [3.8, 4) is 11.5 Å². The molecule has 24 heavy (non-hydrogen) atoms. The highest BCUT2D eigenvalue weighted by atomic mass is 19.1. The molecule has 0 saturated heterocycles. The van der Waals surface area contributed by atoms with E-state index < -0.39 is 23.1 Å². The Bertz CT molecular complexity index is 936. The zero-order valence-electron chi connectivity index (χ0n) is 12.2. The molecule has 1 amide bonds. The average molecular weight is 331 g/mol. The third-order valence-electron chi connectivity index (χ3n) is 3.17. The maximum Gasteiger partial charge on any atom is 0.254 e. The monoisotopic (exact) mass is 331 g/mol. The van der Waals surface area contributed by atoms with Gasteiger partial charge in [0.25, 0.3) is 5.56 Å². The van der Waals surface area contributed by atoms with Crippen LogP contribution in [0.1, 0.15) is 0 Å². The molecule has 1 aromatic carbocycles. The summed E-state index contributed by atoms with van der Waals surface area (Å²) in [5.41, 5.74) is -0.299. The van der Waals surface area contributed by atoms with E-state index in [0.717, 1.165) is 16.7 Å². The van der Waals surface area contributed by atoms with Crippen LogP contribution in [0.3, 0.4) is 0 Å². The number of hydrogen-bond donors (Lipinski definition) is 1. The smallest absolute Gasteiger partial charge is 0.254 e. The quantitative estimate of drug-likeness (QED) is 0.796. The minimum absolute atomic E-state index is 0.172. The molecule has 0 fully saturated rings. The summed E-state index contributed by atoms with van der Waals surface area (Å²) in [5.74, 6) is -1.87. The van der Waals surface area contributed by atoms with E-state index in [1.165, 1.54) is 18.7 Å². The molecule has 3 rings (SSSR count). The summed E-state index contributed by atoms with van der Waals surface area (Å²) in [4.78, 5) is 28.0. The third kappa shape index (κ3) is 3.37. The van der Waals surface area contributed by atoms with E-state index in [9.17, 15) is 18.4 Å². The minimum Gasteiger partial charge on any atom is -0.463 e. The number of nitrogens with one attached hydrogen (secondary N) is 1. The standard InChI is InChI=1S/C16H11F2N3O3/c17-10-3-4-12(11(18)6-10)20-15(22)8-21-9-19-13(7-16(21)23)14-2-1-5-24-14/h1-7,9H,8H2,(H,20,22). The number of halogens is 2. The van der Waals surface area contributed by atoms with Crippen LogP contribution < -0.4 is 10.9 Å². The number of amides is 1. The first kappa shape index (κ1) is 15.6. The van der Waals surface area contributed by atoms with Gasteiger partial charge in [-0.1, -0.05) is 0 Å². The van der Waals surface area contributed by atoms with Crippen LogP contribution in [-0.4, -0.2) is 15.5 Å². The SMILES string of the molecule is O=C(Cn1cnc(-c2ccco2)cc1=O)Nc1ccc(F)cc1F. The Hall–Kier alpha value is -3.29. The van der Waals surface area contributed by atoms with Gasteiger partial charge in [-0.05, 0) is 24.3 Å². The zero-order chi connectivity index (χ0) is 17.1. The molecule has 0 unspecified atom stereocenters. The average Bonchev–Trinajstić information content (AvgIpc) is 3.06. The highest BCUT2D eigenvalue weighted by Crippen LogP contribution is 2.16. The van der Waals surface area contributed by atoms with Crippen molar-refractivity contribution in [3.63, 3.8) is 0 Å². The van der Waals surface area contributed by atoms with Gasteiger partial charge in [0.2, 0.25) is 5.91 Å². The number of aromatic nitrogens is 2. The Morgan fingerprint density at radius 1 is 1.25 bits per heavy atom. The Balaban J connectivity index is 1.74. The Kier molecular flexibility index (Phi) is 4.19. The molecule has 6 nitrogen and oxygen atoms in total. The van der Waals surface area contributed by atoms with Crippen LogP contribution in [0.25, 0.3) is 11.5 Å². The van der Waals surface area contributed by atoms with Gasteiger partial charge in [-0.25, -0.2) is 13.8 Å². The summed E-state index contributed by atoms with van der Waals surface area (Å²) in [5, 5.41) is 2.27. The molecule has 0 aliphatic rings. The second-order valence-corrected chi connectivity index (χ2v) is 4.89. The summed E-state index contributed by atoms with van der Waals surface area (Å²) in [6.45, 7) is -0.360. The second kappa shape index (κ2) is 6.45. The number of rotatable bonds is 4. The summed E-state index contributed by atoms with van der Waals surface area (Å²) in [6.07, 6.45) is 2.65. The van der Waals surface area contributed by atoms with Crippen molar-refractivity contribution >= 4 is 11.6 Å². The molecule has 2 aromatic heterocycles. The van der Waals surface area contributed by atoms with Gasteiger partial charge in [0.15, 0.2) is 5.76 Å². The van der Waals surface area contributed by atoms with E-state index in [-0.39, 0.29) is 12.2 Å². The van der Waals surface area contributed by atoms with Crippen molar-refractivity contribution in [1.82, 2.24) is 9.55 Å². The predicted octanol–water partition coefficient (Wildman–Crippen LogP) is 2.42. The van der Waals surface area contributed by atoms with Gasteiger partial charge in [0, 0.05) is 12.1 Å². The lowest BCUT2D eigenvalue weighted by Crippen LogP contribution is -2.27. The third-order valence-corrected chi connectivity index (χ3v) is 3.17. The summed E-state index contributed by atoms with van der Waals surface area (Å²) < 4.78 is 32.5. The molecule has 0 aliphatic heterocycles. The van der Waals surface area contributed by atoms with Crippen molar-refractivity contribution < 1.29 is 18.0 Å². The number of anilines is 1. The maximum atomic E-state index is 13.5. The van der Waals surface area contributed by atoms with Crippen LogP contribution in [-0.2, 0) is 11.3 Å². The lowest BCUT2D eigenvalue weighted by Gasteiger charge is -2.08. The second-order valence-electron chi connectivity index (χ2n) is 4.89. The molecule has 0 bridgehead atoms. The van der Waals surface area contributed by atoms with Gasteiger partial charge in [0.05, 0.1) is 18.3 Å². The van der Waals surface area contributed by atoms with E-state index in [0.29, 0.717) is 17.5 Å². The van der Waals surface area contributed by atoms with E-state index in [4.69, 9.17) is 4.42 Å². The first-order valence-corrected chi connectivity index (χ1v) is 6.88. The van der Waals surface area contributed by atoms with Gasteiger partial charge < -0.3 is 9.73 Å². The number of benzene rings is 1. The molecule has 3 aromatic rings. The Morgan fingerprint density at radius 2 is 2.08 bits per heavy atom. The minimum atomic E-state index is -0.901. The fraction of sp³-hybridized carbons (Fsp3) is 0.0625. The fourth-order valence-electron chi connectivity index (χ4n) is 2.04. The lowest BCUT2D eigenvalue weighted by molar-refractivity contribution is -0.116. The predicted molar refractivity (Wildman–Crippen MR) is 81.2 cm³/mol. The lowest BCUT2D eigenvalue weighted by atomic mass is 10.3. The van der Waals surface area contributed by atoms with Crippen molar-refractivity contribution in [3.05, 3.63) is 71.0 Å². The van der Waals surface area contributed by atoms with Crippen LogP contribution in [0.4, 0.5) is 14.5 Å². The largest absolute Gasteiger partial charge is 0.463 e. The molecule has 0 saturated carbocycles. The normalized spacial score (nSPS) is 10.6. The van der Waals surface area contributed by atoms with Crippen LogP contribution in [0, 0.1) is 11.6 Å². The van der Waals surface area contributed by atoms with Gasteiger partial charge >= 0.3 is 0 Å². The van der Waals surface area contributed by atoms with Gasteiger partial charge in [-0.3, -0.25) is 14.2 Å². The first-order valence-electron chi connectivity index (χ1n) is 6.88. The maximum absolute atomic E-state index is 13.5. The number of furan rings is 1. The van der Waals surface area contributed by atoms with Crippen molar-refractivity contribution in [2.45, 2.75) is 6.54 Å². The van der Waals surface area contributed by atoms with Crippen LogP contribution >= 0.6 is 0 Å². The summed E-state index contributed by atoms with van der Waals surface area (Å²) in [7, 11) is 0. The van der Waals surface area contributed by atoms with Gasteiger partial charge in [0.1, 0.15) is 23.9 Å². The van der Waals surface area contributed by atoms with Crippen LogP contribution in [0.15, 0.2) is 58.2 Å². The van der Waals surface area contributed by atoms with Crippen molar-refractivity contribution in [1.29, 1.82) is 0 Å². The summed E-state index contributed by atoms with van der Waals surface area (Å²) >= 11 is 0. The molecule has 0 radical (unpaired) electrons. The zero-order valence-corrected chi connectivity index (χ0v) is 12.2. The number of carbonyl (C=O) groups excluding carboxylic acids is 1. The molecule has 0 atom stereocenters. The van der Waals surface area contributed by atoms with Crippen molar-refractivity contribution in [2.24, 2.45) is 0 Å². The molecule has 1 N–H and O–H groups in total. The van der Waals surface area contributed by atoms with E-state index in [1.54, 1.807) is 12.1 Å². The molecule has 2 heterocycles. The number of hydrogen-bond acceptors (Lipinski definition) is 4. The van der Waals surface area contributed by atoms with E-state index in [1.807, 2.05) is 0 Å². The highest BCUT2D eigenvalue weighted by molar-refractivity contribution is 5.90. The molecular formula is C16H11F2N3O3. The van der Waals surface area contributed by atoms with E-state index in [2.05, 4.69) is 10.3 Å². The molecule has 122 valence electrons. The molecule has 0 spiro atoms. The Labute approximate surface area is 134 Å². The van der Waals surface area contributed by atoms with Gasteiger partial charge in [-0.15, -0.1) is 0 Å². The highest BCUT2D eigenvalue weighted by Gasteiger charge is 2.11. The summed E-state index contributed by atoms with van der Waals surface area (Å²) in [6, 6.07) is 7.31.